The first-order valence-electron chi connectivity index (χ1n) is 30.7. The van der Waals surface area contributed by atoms with E-state index in [9.17, 15) is 0 Å². The van der Waals surface area contributed by atoms with Crippen molar-refractivity contribution in [3.8, 4) is 0 Å². The lowest BCUT2D eigenvalue weighted by Crippen LogP contribution is -2.18. The van der Waals surface area contributed by atoms with Gasteiger partial charge in [0.1, 0.15) is 0 Å². The summed E-state index contributed by atoms with van der Waals surface area (Å²) in [7, 11) is 0. The number of fused-ring (bicyclic) bond motifs is 4. The molecule has 0 bridgehead atoms. The Hall–Kier alpha value is -8.48. The molecule has 0 saturated carbocycles. The molecular formula is C80H86N4O2. The van der Waals surface area contributed by atoms with Gasteiger partial charge in [0.05, 0.1) is 16.6 Å². The van der Waals surface area contributed by atoms with Crippen LogP contribution in [0.5, 0.6) is 0 Å². The molecule has 0 aliphatic rings. The molecule has 0 amide bonds. The van der Waals surface area contributed by atoms with Gasteiger partial charge >= 0.3 is 0 Å². The maximum atomic E-state index is 16.1. The first-order chi connectivity index (χ1) is 40.3. The minimum atomic E-state index is -0.148. The highest BCUT2D eigenvalue weighted by Gasteiger charge is 2.27. The van der Waals surface area contributed by atoms with Gasteiger partial charge in [-0.25, -0.2) is 0 Å². The molecule has 86 heavy (non-hydrogen) atoms. The monoisotopic (exact) mass is 1130 g/mol. The summed E-state index contributed by atoms with van der Waals surface area (Å²) in [5, 5.41) is 2.01. The first kappa shape index (κ1) is 59.3. The number of rotatable bonds is 9. The highest BCUT2D eigenvalue weighted by Crippen LogP contribution is 2.44. The Morgan fingerprint density at radius 2 is 0.419 bits per heavy atom. The SMILES string of the molecule is CC(C)(C)c1ccc(N(c2ccc(C(C)(C)C)cc2)c2ccc3c(c2)c(=O)c2cc(N(c4ccc(C(C)(C)C)cc4)c4ccc(C(C)(C)C)cc4)cc4c(=O)c5cc(N(c6ccc(C(C)(C)C)cc6)c6ccc(C(C)(C)C)cc6)ccc5n3c24)cc1. The number of nitrogens with zero attached hydrogens (tertiary/aromatic N) is 4. The number of aromatic nitrogens is 1. The molecule has 0 aliphatic carbocycles. The fourth-order valence-corrected chi connectivity index (χ4v) is 12.1. The summed E-state index contributed by atoms with van der Waals surface area (Å²) in [5.41, 5.74) is 16.9. The van der Waals surface area contributed by atoms with Crippen molar-refractivity contribution in [3.05, 3.63) is 248 Å². The van der Waals surface area contributed by atoms with Crippen LogP contribution in [0.4, 0.5) is 51.2 Å². The summed E-state index contributed by atoms with van der Waals surface area (Å²) in [6.07, 6.45) is 0. The van der Waals surface area contributed by atoms with Crippen LogP contribution in [-0.4, -0.2) is 4.40 Å². The van der Waals surface area contributed by atoms with E-state index in [0.29, 0.717) is 43.8 Å². The number of benzene rings is 9. The molecule has 6 heteroatoms. The van der Waals surface area contributed by atoms with Crippen molar-refractivity contribution in [1.29, 1.82) is 0 Å². The van der Waals surface area contributed by atoms with Gasteiger partial charge in [-0.05, 0) is 187 Å². The molecule has 6 nitrogen and oxygen atoms in total. The zero-order valence-electron chi connectivity index (χ0n) is 54.1. The van der Waals surface area contributed by atoms with Crippen LogP contribution in [0.2, 0.25) is 0 Å². The second kappa shape index (κ2) is 21.2. The molecule has 438 valence electrons. The van der Waals surface area contributed by atoms with Crippen LogP contribution in [0.1, 0.15) is 158 Å². The Kier molecular flexibility index (Phi) is 14.6. The van der Waals surface area contributed by atoms with Crippen molar-refractivity contribution in [1.82, 2.24) is 4.40 Å². The molecule has 0 aliphatic heterocycles. The molecule has 9 aromatic carbocycles. The van der Waals surface area contributed by atoms with E-state index in [0.717, 1.165) is 45.5 Å². The lowest BCUT2D eigenvalue weighted by Gasteiger charge is -2.29. The van der Waals surface area contributed by atoms with Gasteiger partial charge in [-0.1, -0.05) is 197 Å². The fraction of sp³-hybridized carbons (Fsp3) is 0.300. The number of hydrogen-bond acceptors (Lipinski definition) is 5. The van der Waals surface area contributed by atoms with Gasteiger partial charge in [0, 0.05) is 72.7 Å². The molecule has 0 atom stereocenters. The maximum absolute atomic E-state index is 16.1. The standard InChI is InChI=1S/C80H86N4O2/c1-75(2,3)51-19-31-57(32-20-51)81(58-33-21-52(22-34-58)76(4,5)6)63-43-45-70-66(47-63)73(85)68-49-65(83(61-39-27-55(28-40-61)79(13,14)15)62-41-29-56(30-42-62)80(16,17)18)50-69-72(68)84(70)71-46-44-64(48-67(71)74(69)86)82(59-35-23-53(24-36-59)77(7,8)9)60-37-25-54(26-38-60)78(10,11)12/h19-50H,1-18H3. The van der Waals surface area contributed by atoms with Gasteiger partial charge in [0.15, 0.2) is 10.9 Å². The Bertz CT molecular complexity index is 4040. The van der Waals surface area contributed by atoms with Crippen LogP contribution in [0, 0.1) is 0 Å². The van der Waals surface area contributed by atoms with Crippen LogP contribution in [0.25, 0.3) is 38.1 Å². The molecule has 0 saturated heterocycles. The number of hydrogen-bond donors (Lipinski definition) is 0. The fourth-order valence-electron chi connectivity index (χ4n) is 12.1. The minimum Gasteiger partial charge on any atom is -0.310 e. The van der Waals surface area contributed by atoms with E-state index < -0.39 is 0 Å². The van der Waals surface area contributed by atoms with E-state index >= 15 is 9.59 Å². The predicted molar refractivity (Wildman–Crippen MR) is 370 cm³/mol. The smallest absolute Gasteiger partial charge is 0.197 e. The van der Waals surface area contributed by atoms with E-state index in [1.165, 1.54) is 33.4 Å². The van der Waals surface area contributed by atoms with E-state index in [-0.39, 0.29) is 43.3 Å². The van der Waals surface area contributed by atoms with E-state index in [2.05, 4.69) is 326 Å². The molecule has 2 aromatic heterocycles. The summed E-state index contributed by atoms with van der Waals surface area (Å²) >= 11 is 0. The summed E-state index contributed by atoms with van der Waals surface area (Å²) in [6.45, 7) is 40.2. The molecule has 0 radical (unpaired) electrons. The average Bonchev–Trinajstić information content (AvgIpc) is 0.718. The topological polar surface area (TPSA) is 48.3 Å². The van der Waals surface area contributed by atoms with Crippen LogP contribution in [0.3, 0.4) is 0 Å². The van der Waals surface area contributed by atoms with Crippen molar-refractivity contribution in [3.63, 3.8) is 0 Å². The van der Waals surface area contributed by atoms with Gasteiger partial charge in [-0.2, -0.15) is 0 Å². The summed E-state index contributed by atoms with van der Waals surface area (Å²) in [6, 6.07) is 69.2. The van der Waals surface area contributed by atoms with Crippen molar-refractivity contribution in [2.45, 2.75) is 157 Å². The highest BCUT2D eigenvalue weighted by molar-refractivity contribution is 6.11. The van der Waals surface area contributed by atoms with Gasteiger partial charge in [0.25, 0.3) is 0 Å². The quantitative estimate of drug-likeness (QED) is 0.106. The Balaban J connectivity index is 1.22. The van der Waals surface area contributed by atoms with Crippen molar-refractivity contribution < 1.29 is 0 Å². The normalized spacial score (nSPS) is 12.9. The molecule has 0 fully saturated rings. The van der Waals surface area contributed by atoms with E-state index in [1.807, 2.05) is 12.1 Å². The number of anilines is 9. The molecule has 0 N–H and O–H groups in total. The Morgan fingerprint density at radius 1 is 0.233 bits per heavy atom. The summed E-state index contributed by atoms with van der Waals surface area (Å²) < 4.78 is 2.18. The van der Waals surface area contributed by atoms with Crippen molar-refractivity contribution in [2.75, 3.05) is 14.7 Å². The van der Waals surface area contributed by atoms with Crippen molar-refractivity contribution in [2.24, 2.45) is 0 Å². The largest absolute Gasteiger partial charge is 0.310 e. The zero-order chi connectivity index (χ0) is 61.8. The van der Waals surface area contributed by atoms with Crippen LogP contribution in [-0.2, 0) is 32.5 Å². The van der Waals surface area contributed by atoms with Crippen LogP contribution < -0.4 is 25.6 Å². The molecule has 2 heterocycles. The van der Waals surface area contributed by atoms with Gasteiger partial charge in [-0.3, -0.25) is 9.59 Å². The summed E-state index contributed by atoms with van der Waals surface area (Å²) in [4.78, 5) is 39.0. The molecule has 0 unspecified atom stereocenters. The van der Waals surface area contributed by atoms with E-state index in [1.54, 1.807) is 0 Å². The third-order valence-electron chi connectivity index (χ3n) is 17.5. The first-order valence-corrected chi connectivity index (χ1v) is 30.7. The molecule has 11 aromatic rings. The lowest BCUT2D eigenvalue weighted by molar-refractivity contribution is 0.590. The Labute approximate surface area is 510 Å². The highest BCUT2D eigenvalue weighted by atomic mass is 16.1. The van der Waals surface area contributed by atoms with E-state index in [4.69, 9.17) is 0 Å². The minimum absolute atomic E-state index is 0.0387. The zero-order valence-corrected chi connectivity index (χ0v) is 54.1. The third-order valence-corrected chi connectivity index (χ3v) is 17.5. The van der Waals surface area contributed by atoms with Crippen LogP contribution in [0.15, 0.2) is 204 Å². The number of pyridine rings is 2. The van der Waals surface area contributed by atoms with Crippen molar-refractivity contribution >= 4 is 89.3 Å². The lowest BCUT2D eigenvalue weighted by atomic mass is 9.86. The van der Waals surface area contributed by atoms with Gasteiger partial charge in [-0.15, -0.1) is 0 Å². The second-order valence-corrected chi connectivity index (χ2v) is 30.1. The maximum Gasteiger partial charge on any atom is 0.197 e. The summed E-state index contributed by atoms with van der Waals surface area (Å²) in [5.74, 6) is 0. The average molecular weight is 1140 g/mol. The third kappa shape index (κ3) is 11.2. The molecular weight excluding hydrogens is 1050 g/mol. The second-order valence-electron chi connectivity index (χ2n) is 30.1. The van der Waals surface area contributed by atoms with Gasteiger partial charge in [0.2, 0.25) is 0 Å². The predicted octanol–water partition coefficient (Wildman–Crippen LogP) is 21.8. The molecule has 0 spiro atoms. The van der Waals surface area contributed by atoms with Gasteiger partial charge < -0.3 is 19.1 Å². The van der Waals surface area contributed by atoms with Crippen LogP contribution >= 0.6 is 0 Å². The molecule has 11 rings (SSSR count). The Morgan fingerprint density at radius 3 is 0.628 bits per heavy atom.